The number of Topliss-reactive ketones (excluding diaryl/α,β-unsaturated/α-hetero) is 1. The van der Waals surface area contributed by atoms with Crippen LogP contribution in [-0.2, 0) is 47.5 Å². The monoisotopic (exact) mass is 731 g/mol. The number of cyclic esters (lactones) is 1. The Morgan fingerprint density at radius 1 is 0.827 bits per heavy atom. The molecule has 0 aromatic rings. The van der Waals surface area contributed by atoms with Crippen molar-refractivity contribution in [3.63, 3.8) is 0 Å². The van der Waals surface area contributed by atoms with Crippen molar-refractivity contribution in [3.8, 4) is 0 Å². The smallest absolute Gasteiger partial charge is 0.306 e. The van der Waals surface area contributed by atoms with E-state index in [1.807, 2.05) is 13.8 Å². The fourth-order valence-corrected chi connectivity index (χ4v) is 10.4. The van der Waals surface area contributed by atoms with E-state index in [4.69, 9.17) is 37.9 Å². The lowest BCUT2D eigenvalue weighted by Gasteiger charge is -2.44. The van der Waals surface area contributed by atoms with Crippen LogP contribution in [0.3, 0.4) is 0 Å². The van der Waals surface area contributed by atoms with Crippen LogP contribution < -0.4 is 0 Å². The van der Waals surface area contributed by atoms with Gasteiger partial charge in [0.2, 0.25) is 0 Å². The largest absolute Gasteiger partial charge is 0.462 e. The van der Waals surface area contributed by atoms with Crippen LogP contribution in [0.25, 0.3) is 0 Å². The normalized spacial score (nSPS) is 45.7. The third kappa shape index (κ3) is 8.27. The summed E-state index contributed by atoms with van der Waals surface area (Å²) in [4.78, 5) is 30.4. The predicted molar refractivity (Wildman–Crippen MR) is 194 cm³/mol. The molecule has 3 saturated heterocycles. The number of esters is 1. The van der Waals surface area contributed by atoms with E-state index in [0.29, 0.717) is 18.4 Å². The van der Waals surface area contributed by atoms with Gasteiger partial charge in [-0.1, -0.05) is 32.1 Å². The van der Waals surface area contributed by atoms with Crippen LogP contribution in [0, 0.1) is 35.5 Å². The van der Waals surface area contributed by atoms with Crippen LogP contribution >= 0.6 is 0 Å². The molecule has 4 fully saturated rings. The molecule has 11 nitrogen and oxygen atoms in total. The molecule has 3 aliphatic heterocycles. The Bertz CT molecular complexity index is 1290. The Morgan fingerprint density at radius 2 is 1.58 bits per heavy atom. The Hall–Kier alpha value is -1.70. The van der Waals surface area contributed by atoms with Gasteiger partial charge in [0, 0.05) is 39.2 Å². The zero-order chi connectivity index (χ0) is 37.3. The molecular formula is C41H65NO10. The molecule has 0 aromatic carbocycles. The van der Waals surface area contributed by atoms with Gasteiger partial charge in [0.15, 0.2) is 18.4 Å². The zero-order valence-corrected chi connectivity index (χ0v) is 32.9. The molecule has 0 amide bonds. The lowest BCUT2D eigenvalue weighted by molar-refractivity contribution is -0.314. The average Bonchev–Trinajstić information content (AvgIpc) is 3.70. The van der Waals surface area contributed by atoms with Gasteiger partial charge in [-0.05, 0) is 109 Å². The molecule has 17 atom stereocenters. The first-order valence-corrected chi connectivity index (χ1v) is 20.0. The number of allylic oxidation sites excluding steroid dienone is 4. The van der Waals surface area contributed by atoms with Crippen LogP contribution in [0.1, 0.15) is 85.5 Å². The fraction of sp³-hybridized carbons (Fsp3) is 0.854. The molecule has 0 aromatic heterocycles. The van der Waals surface area contributed by atoms with Crippen molar-refractivity contribution in [1.82, 2.24) is 4.90 Å². The van der Waals surface area contributed by atoms with E-state index in [1.165, 1.54) is 0 Å². The first-order valence-electron chi connectivity index (χ1n) is 20.0. The second kappa shape index (κ2) is 17.4. The maximum Gasteiger partial charge on any atom is 0.306 e. The standard InChI is InChI=1S/C41H65NO10/c1-10-26-12-11-13-34(52-36-17-16-33(42(5)6)23(3)48-36)22(2)37(44)32-20-30-28(31(32)21-35(43)50-26)15-14-25-18-27(19-29(25)30)51-41-40(47-9)39(46-8)38(45-7)24(4)49-41/h14-15,20,22-31,33-34,36,38-41H,10-13,16-19,21H2,1-9H3/t22?,23-,24-,25+,26-,27+,28+,29+,30+,31-,33-,34-,36+,38-,39+,40+,41-/m0/s1. The van der Waals surface area contributed by atoms with Gasteiger partial charge in [0.1, 0.15) is 24.4 Å². The molecule has 6 rings (SSSR count). The predicted octanol–water partition coefficient (Wildman–Crippen LogP) is 5.49. The van der Waals surface area contributed by atoms with Crippen molar-refractivity contribution in [2.45, 2.75) is 153 Å². The third-order valence-corrected chi connectivity index (χ3v) is 13.3. The number of hydrogen-bond donors (Lipinski definition) is 0. The summed E-state index contributed by atoms with van der Waals surface area (Å²) in [5.41, 5.74) is 0.763. The molecule has 294 valence electrons. The second-order valence-corrected chi connectivity index (χ2v) is 16.5. The number of methoxy groups -OCH3 is 3. The third-order valence-electron chi connectivity index (χ3n) is 13.3. The van der Waals surface area contributed by atoms with Crippen LogP contribution in [0.2, 0.25) is 0 Å². The number of carbonyl (C=O) groups excluding carboxylic acids is 2. The summed E-state index contributed by atoms with van der Waals surface area (Å²) in [6.45, 7) is 8.17. The molecule has 3 aliphatic carbocycles. The molecule has 52 heavy (non-hydrogen) atoms. The fourth-order valence-electron chi connectivity index (χ4n) is 10.4. The van der Waals surface area contributed by atoms with Gasteiger partial charge in [-0.15, -0.1) is 0 Å². The maximum absolute atomic E-state index is 14.7. The molecule has 1 saturated carbocycles. The summed E-state index contributed by atoms with van der Waals surface area (Å²) >= 11 is 0. The number of ether oxygens (including phenoxy) is 8. The minimum Gasteiger partial charge on any atom is -0.462 e. The summed E-state index contributed by atoms with van der Waals surface area (Å²) in [7, 11) is 9.15. The highest BCUT2D eigenvalue weighted by atomic mass is 16.7. The van der Waals surface area contributed by atoms with Crippen LogP contribution in [-0.4, -0.2) is 120 Å². The molecule has 0 N–H and O–H groups in total. The van der Waals surface area contributed by atoms with E-state index in [1.54, 1.807) is 21.3 Å². The van der Waals surface area contributed by atoms with Crippen molar-refractivity contribution >= 4 is 11.8 Å². The highest BCUT2D eigenvalue weighted by molar-refractivity contribution is 5.99. The molecule has 0 bridgehead atoms. The summed E-state index contributed by atoms with van der Waals surface area (Å²) < 4.78 is 49.5. The summed E-state index contributed by atoms with van der Waals surface area (Å²) in [6, 6.07) is 0.339. The number of likely N-dealkylation sites (N-methyl/N-ethyl adjacent to an activating group) is 1. The lowest BCUT2D eigenvalue weighted by atomic mass is 9.70. The first-order chi connectivity index (χ1) is 25.0. The van der Waals surface area contributed by atoms with Crippen molar-refractivity contribution < 1.29 is 47.5 Å². The van der Waals surface area contributed by atoms with E-state index in [9.17, 15) is 9.59 Å². The van der Waals surface area contributed by atoms with Crippen molar-refractivity contribution in [2.24, 2.45) is 35.5 Å². The van der Waals surface area contributed by atoms with Crippen molar-refractivity contribution in [1.29, 1.82) is 0 Å². The lowest BCUT2D eigenvalue weighted by Crippen LogP contribution is -2.59. The molecule has 1 unspecified atom stereocenters. The number of ketones is 1. The van der Waals surface area contributed by atoms with Crippen molar-refractivity contribution in [3.05, 3.63) is 23.8 Å². The van der Waals surface area contributed by atoms with Gasteiger partial charge < -0.3 is 42.8 Å². The van der Waals surface area contributed by atoms with E-state index >= 15 is 0 Å². The average molecular weight is 732 g/mol. The first kappa shape index (κ1) is 40.0. The molecule has 0 radical (unpaired) electrons. The number of nitrogens with zero attached hydrogens (tertiary/aromatic N) is 1. The molecule has 11 heteroatoms. The van der Waals surface area contributed by atoms with E-state index in [0.717, 1.165) is 50.5 Å². The topological polar surface area (TPSA) is 111 Å². The SMILES string of the molecule is CC[C@H]1CCC[C@H](O[C@@H]2CC[C@H](N(C)C)[C@H](C)O2)C(C)C(=O)C2=C[C@@H]3[C@@H](C=C[C@@H]4C[C@@H](O[C@@H]5O[C@@H](C)[C@H](OC)[C@@H](OC)[C@H]5OC)C[C@@H]34)[C@@H]2CC(=O)O1. The minimum atomic E-state index is -0.594. The number of rotatable bonds is 9. The molecular weight excluding hydrogens is 666 g/mol. The number of fused-ring (bicyclic) bond motifs is 5. The molecule has 6 aliphatic rings. The Balaban J connectivity index is 1.20. The van der Waals surface area contributed by atoms with Gasteiger partial charge in [0.25, 0.3) is 0 Å². The zero-order valence-electron chi connectivity index (χ0n) is 32.9. The summed E-state index contributed by atoms with van der Waals surface area (Å²) in [5.74, 6) is 0.0198. The van der Waals surface area contributed by atoms with Crippen LogP contribution in [0.15, 0.2) is 23.8 Å². The molecule has 0 spiro atoms. The van der Waals surface area contributed by atoms with Gasteiger partial charge in [-0.3, -0.25) is 9.59 Å². The van der Waals surface area contributed by atoms with E-state index in [2.05, 4.69) is 51.1 Å². The maximum atomic E-state index is 14.7. The van der Waals surface area contributed by atoms with Crippen LogP contribution in [0.5, 0.6) is 0 Å². The van der Waals surface area contributed by atoms with Gasteiger partial charge >= 0.3 is 5.97 Å². The molecule has 3 heterocycles. The summed E-state index contributed by atoms with van der Waals surface area (Å²) in [5, 5.41) is 0. The Labute approximate surface area is 311 Å². The Kier molecular flexibility index (Phi) is 13.4. The minimum absolute atomic E-state index is 0.0380. The van der Waals surface area contributed by atoms with Gasteiger partial charge in [-0.2, -0.15) is 0 Å². The highest BCUT2D eigenvalue weighted by Gasteiger charge is 2.52. The quantitative estimate of drug-likeness (QED) is 0.222. The number of hydrogen-bond acceptors (Lipinski definition) is 11. The van der Waals surface area contributed by atoms with Gasteiger partial charge in [-0.25, -0.2) is 0 Å². The Morgan fingerprint density at radius 3 is 2.25 bits per heavy atom. The van der Waals surface area contributed by atoms with Gasteiger partial charge in [0.05, 0.1) is 30.8 Å². The van der Waals surface area contributed by atoms with Crippen molar-refractivity contribution in [2.75, 3.05) is 35.4 Å². The number of carbonyl (C=O) groups is 2. The van der Waals surface area contributed by atoms with E-state index < -0.39 is 12.4 Å². The van der Waals surface area contributed by atoms with Crippen LogP contribution in [0.4, 0.5) is 0 Å². The summed E-state index contributed by atoms with van der Waals surface area (Å²) in [6.07, 6.45) is 10.8. The second-order valence-electron chi connectivity index (χ2n) is 16.5. The van der Waals surface area contributed by atoms with E-state index in [-0.39, 0.29) is 96.8 Å². The highest BCUT2D eigenvalue weighted by Crippen LogP contribution is 2.54.